The summed E-state index contributed by atoms with van der Waals surface area (Å²) in [6.45, 7) is 2.67. The minimum Gasteiger partial charge on any atom is -0.493 e. The summed E-state index contributed by atoms with van der Waals surface area (Å²) >= 11 is 5.71. The molecule has 0 aliphatic heterocycles. The summed E-state index contributed by atoms with van der Waals surface area (Å²) in [5.41, 5.74) is 6.64. The molecule has 5 heteroatoms. The van der Waals surface area contributed by atoms with Gasteiger partial charge in [-0.05, 0) is 57.6 Å². The lowest BCUT2D eigenvalue weighted by Gasteiger charge is -2.34. The molecule has 190 valence electrons. The van der Waals surface area contributed by atoms with Gasteiger partial charge in [0.1, 0.15) is 24.2 Å². The summed E-state index contributed by atoms with van der Waals surface area (Å²) in [7, 11) is 0. The molecule has 2 unspecified atom stereocenters. The molecule has 0 saturated heterocycles. The molecule has 5 rings (SSSR count). The van der Waals surface area contributed by atoms with Gasteiger partial charge in [-0.15, -0.1) is 11.6 Å². The van der Waals surface area contributed by atoms with Crippen molar-refractivity contribution in [1.82, 2.24) is 0 Å². The predicted octanol–water partition coefficient (Wildman–Crippen LogP) is 6.04. The van der Waals surface area contributed by atoms with Crippen molar-refractivity contribution in [2.24, 2.45) is 5.92 Å². The van der Waals surface area contributed by atoms with E-state index in [1.54, 1.807) is 0 Å². The number of hydrogen-bond acceptors (Lipinski definition) is 4. The van der Waals surface area contributed by atoms with Crippen molar-refractivity contribution >= 4 is 11.6 Å². The molecule has 4 aromatic rings. The van der Waals surface area contributed by atoms with E-state index in [1.165, 1.54) is 22.3 Å². The second kappa shape index (κ2) is 11.0. The molecule has 4 aromatic carbocycles. The van der Waals surface area contributed by atoms with Gasteiger partial charge in [0.15, 0.2) is 0 Å². The number of benzene rings is 4. The first-order chi connectivity index (χ1) is 18.1. The van der Waals surface area contributed by atoms with Gasteiger partial charge in [0, 0.05) is 12.5 Å². The highest BCUT2D eigenvalue weighted by Gasteiger charge is 2.45. The molecule has 0 amide bonds. The average molecular weight is 515 g/mol. The quantitative estimate of drug-likeness (QED) is 0.223. The summed E-state index contributed by atoms with van der Waals surface area (Å²) < 4.78 is 11.7. The summed E-state index contributed by atoms with van der Waals surface area (Å²) in [6.07, 6.45) is -0.706. The highest BCUT2D eigenvalue weighted by molar-refractivity contribution is 6.18. The second-order valence-corrected chi connectivity index (χ2v) is 9.92. The van der Waals surface area contributed by atoms with Gasteiger partial charge in [-0.3, -0.25) is 0 Å². The van der Waals surface area contributed by atoms with Crippen LogP contribution >= 0.6 is 11.6 Å². The minimum absolute atomic E-state index is 0.0749. The van der Waals surface area contributed by atoms with Gasteiger partial charge in [-0.1, -0.05) is 79.7 Å². The molecule has 2 N–H and O–H groups in total. The Bertz CT molecular complexity index is 1230. The standard InChI is InChI=1S/C32H31ClO4/c1-22(19-34)20-36-26-14-10-23(11-15-26)32(24-12-16-27(17-13-24)37-21-25(35)18-33)30-8-4-2-6-28(30)29-7-3-5-9-31(29)32/h2-17,22,25,34-35H,18-21H2,1H3. The molecule has 0 spiro atoms. The Morgan fingerprint density at radius 1 is 0.703 bits per heavy atom. The molecular formula is C32H31ClO4. The fourth-order valence-corrected chi connectivity index (χ4v) is 5.24. The van der Waals surface area contributed by atoms with Crippen LogP contribution in [0.1, 0.15) is 29.2 Å². The molecular weight excluding hydrogens is 484 g/mol. The fourth-order valence-electron chi connectivity index (χ4n) is 5.15. The maximum absolute atomic E-state index is 9.78. The Labute approximate surface area is 223 Å². The monoisotopic (exact) mass is 514 g/mol. The van der Waals surface area contributed by atoms with E-state index in [-0.39, 0.29) is 25.0 Å². The van der Waals surface area contributed by atoms with Gasteiger partial charge in [0.05, 0.1) is 17.9 Å². The average Bonchev–Trinajstić information content (AvgIpc) is 3.26. The zero-order chi connectivity index (χ0) is 25.8. The summed E-state index contributed by atoms with van der Waals surface area (Å²) in [5.74, 6) is 1.67. The summed E-state index contributed by atoms with van der Waals surface area (Å²) in [4.78, 5) is 0. The Hall–Kier alpha value is -3.31. The Balaban J connectivity index is 1.61. The number of aliphatic hydroxyl groups is 2. The van der Waals surface area contributed by atoms with Crippen LogP contribution in [-0.2, 0) is 5.41 Å². The molecule has 1 aliphatic carbocycles. The van der Waals surface area contributed by atoms with Crippen LogP contribution in [0.2, 0.25) is 0 Å². The molecule has 0 radical (unpaired) electrons. The third-order valence-electron chi connectivity index (χ3n) is 6.99. The first-order valence-corrected chi connectivity index (χ1v) is 13.1. The van der Waals surface area contributed by atoms with Crippen molar-refractivity contribution in [2.75, 3.05) is 25.7 Å². The van der Waals surface area contributed by atoms with Crippen molar-refractivity contribution in [3.05, 3.63) is 119 Å². The van der Waals surface area contributed by atoms with Gasteiger partial charge in [0.25, 0.3) is 0 Å². The lowest BCUT2D eigenvalue weighted by atomic mass is 9.68. The number of fused-ring (bicyclic) bond motifs is 3. The Morgan fingerprint density at radius 3 is 1.62 bits per heavy atom. The molecule has 0 fully saturated rings. The van der Waals surface area contributed by atoms with Gasteiger partial charge in [0.2, 0.25) is 0 Å². The lowest BCUT2D eigenvalue weighted by molar-refractivity contribution is 0.125. The van der Waals surface area contributed by atoms with Crippen LogP contribution < -0.4 is 9.47 Å². The number of aliphatic hydroxyl groups excluding tert-OH is 2. The first kappa shape index (κ1) is 25.3. The molecule has 0 saturated carbocycles. The molecule has 0 bridgehead atoms. The number of ether oxygens (including phenoxy) is 2. The van der Waals surface area contributed by atoms with E-state index in [0.29, 0.717) is 12.4 Å². The van der Waals surface area contributed by atoms with E-state index in [2.05, 4.69) is 72.8 Å². The normalized spacial score (nSPS) is 14.9. The van der Waals surface area contributed by atoms with Gasteiger partial charge >= 0.3 is 0 Å². The molecule has 4 nitrogen and oxygen atoms in total. The van der Waals surface area contributed by atoms with Crippen molar-refractivity contribution in [1.29, 1.82) is 0 Å². The third kappa shape index (κ3) is 4.73. The zero-order valence-electron chi connectivity index (χ0n) is 20.8. The van der Waals surface area contributed by atoms with Crippen LogP contribution in [0.5, 0.6) is 11.5 Å². The van der Waals surface area contributed by atoms with Crippen LogP contribution in [0.15, 0.2) is 97.1 Å². The summed E-state index contributed by atoms with van der Waals surface area (Å²) in [6, 6.07) is 33.6. The lowest BCUT2D eigenvalue weighted by Crippen LogP contribution is -2.28. The Morgan fingerprint density at radius 2 is 1.16 bits per heavy atom. The molecule has 0 aromatic heterocycles. The van der Waals surface area contributed by atoms with E-state index in [1.807, 2.05) is 31.2 Å². The third-order valence-corrected chi connectivity index (χ3v) is 7.35. The molecule has 1 aliphatic rings. The predicted molar refractivity (Wildman–Crippen MR) is 148 cm³/mol. The number of alkyl halides is 1. The van der Waals surface area contributed by atoms with E-state index in [4.69, 9.17) is 21.1 Å². The number of halogens is 1. The first-order valence-electron chi connectivity index (χ1n) is 12.6. The highest BCUT2D eigenvalue weighted by Crippen LogP contribution is 2.56. The van der Waals surface area contributed by atoms with E-state index in [9.17, 15) is 10.2 Å². The number of rotatable bonds is 10. The van der Waals surface area contributed by atoms with Crippen LogP contribution in [0, 0.1) is 5.92 Å². The van der Waals surface area contributed by atoms with E-state index in [0.717, 1.165) is 16.9 Å². The van der Waals surface area contributed by atoms with Crippen molar-refractivity contribution in [2.45, 2.75) is 18.4 Å². The Kier molecular flexibility index (Phi) is 7.52. The van der Waals surface area contributed by atoms with E-state index >= 15 is 0 Å². The molecule has 2 atom stereocenters. The summed E-state index contributed by atoms with van der Waals surface area (Å²) in [5, 5.41) is 19.1. The van der Waals surface area contributed by atoms with Crippen LogP contribution in [0.3, 0.4) is 0 Å². The topological polar surface area (TPSA) is 58.9 Å². The fraction of sp³-hybridized carbons (Fsp3) is 0.250. The largest absolute Gasteiger partial charge is 0.493 e. The second-order valence-electron chi connectivity index (χ2n) is 9.61. The minimum atomic E-state index is -0.706. The highest BCUT2D eigenvalue weighted by atomic mass is 35.5. The van der Waals surface area contributed by atoms with Crippen molar-refractivity contribution in [3.63, 3.8) is 0 Å². The van der Waals surface area contributed by atoms with Crippen molar-refractivity contribution in [3.8, 4) is 22.6 Å². The van der Waals surface area contributed by atoms with E-state index < -0.39 is 11.5 Å². The molecule has 37 heavy (non-hydrogen) atoms. The van der Waals surface area contributed by atoms with Crippen LogP contribution in [0.25, 0.3) is 11.1 Å². The van der Waals surface area contributed by atoms with Crippen LogP contribution in [-0.4, -0.2) is 42.0 Å². The SMILES string of the molecule is CC(CO)COc1ccc(C2(c3ccc(OCC(O)CCl)cc3)c3ccccc3-c3ccccc32)cc1. The van der Waals surface area contributed by atoms with Gasteiger partial charge < -0.3 is 19.7 Å². The number of hydrogen-bond donors (Lipinski definition) is 2. The maximum Gasteiger partial charge on any atom is 0.119 e. The molecule has 0 heterocycles. The van der Waals surface area contributed by atoms with Gasteiger partial charge in [-0.2, -0.15) is 0 Å². The smallest absolute Gasteiger partial charge is 0.119 e. The van der Waals surface area contributed by atoms with Crippen LogP contribution in [0.4, 0.5) is 0 Å². The maximum atomic E-state index is 9.78. The van der Waals surface area contributed by atoms with Gasteiger partial charge in [-0.25, -0.2) is 0 Å². The zero-order valence-corrected chi connectivity index (χ0v) is 21.6. The van der Waals surface area contributed by atoms with Crippen molar-refractivity contribution < 1.29 is 19.7 Å².